The predicted octanol–water partition coefficient (Wildman–Crippen LogP) is 4.17. The van der Waals surface area contributed by atoms with Crippen LogP contribution < -0.4 is 10.5 Å². The molecule has 0 spiro atoms. The van der Waals surface area contributed by atoms with E-state index >= 15 is 0 Å². The largest absolute Gasteiger partial charge is 0.496 e. The first-order valence-corrected chi connectivity index (χ1v) is 6.75. The van der Waals surface area contributed by atoms with Crippen LogP contribution in [0.3, 0.4) is 0 Å². The quantitative estimate of drug-likeness (QED) is 0.919. The zero-order chi connectivity index (χ0) is 13.8. The Morgan fingerprint density at radius 2 is 1.79 bits per heavy atom. The van der Waals surface area contributed by atoms with Gasteiger partial charge in [0.2, 0.25) is 0 Å². The molecule has 0 aromatic heterocycles. The number of rotatable bonds is 4. The zero-order valence-electron chi connectivity index (χ0n) is 10.6. The van der Waals surface area contributed by atoms with Gasteiger partial charge in [-0.1, -0.05) is 47.5 Å². The average molecular weight is 296 g/mol. The van der Waals surface area contributed by atoms with E-state index in [9.17, 15) is 0 Å². The van der Waals surface area contributed by atoms with Crippen LogP contribution in [0.1, 0.15) is 5.56 Å². The highest BCUT2D eigenvalue weighted by atomic mass is 35.5. The van der Waals surface area contributed by atoms with Gasteiger partial charge >= 0.3 is 0 Å². The molecule has 0 amide bonds. The molecule has 2 N–H and O–H groups in total. The minimum atomic E-state index is 0.509. The van der Waals surface area contributed by atoms with Gasteiger partial charge in [0, 0.05) is 16.1 Å². The van der Waals surface area contributed by atoms with Gasteiger partial charge in [-0.3, -0.25) is 0 Å². The van der Waals surface area contributed by atoms with Gasteiger partial charge < -0.3 is 10.5 Å². The third kappa shape index (κ3) is 2.86. The van der Waals surface area contributed by atoms with Crippen molar-refractivity contribution in [1.29, 1.82) is 0 Å². The second-order valence-corrected chi connectivity index (χ2v) is 4.91. The lowest BCUT2D eigenvalue weighted by atomic mass is 10.0. The standard InChI is InChI=1S/C15H15Cl2NO/c1-19-14-5-3-2-4-10(14)11-6-7-13(16)12(8-9-18)15(11)17/h2-7H,8-9,18H2,1H3. The minimum absolute atomic E-state index is 0.509. The summed E-state index contributed by atoms with van der Waals surface area (Å²) in [5, 5.41) is 1.29. The summed E-state index contributed by atoms with van der Waals surface area (Å²) < 4.78 is 5.37. The molecule has 2 nitrogen and oxygen atoms in total. The molecule has 0 atom stereocenters. The number of hydrogen-bond donors (Lipinski definition) is 1. The summed E-state index contributed by atoms with van der Waals surface area (Å²) in [6.45, 7) is 0.509. The summed E-state index contributed by atoms with van der Waals surface area (Å²) in [6, 6.07) is 11.5. The van der Waals surface area contributed by atoms with E-state index in [0.29, 0.717) is 23.0 Å². The number of halogens is 2. The average Bonchev–Trinajstić information content (AvgIpc) is 2.43. The maximum Gasteiger partial charge on any atom is 0.126 e. The Bertz CT molecular complexity index is 584. The number of hydrogen-bond acceptors (Lipinski definition) is 2. The molecule has 2 rings (SSSR count). The molecule has 0 unspecified atom stereocenters. The zero-order valence-corrected chi connectivity index (χ0v) is 12.1. The van der Waals surface area contributed by atoms with Gasteiger partial charge in [0.05, 0.1) is 12.1 Å². The summed E-state index contributed by atoms with van der Waals surface area (Å²) in [5.74, 6) is 0.783. The van der Waals surface area contributed by atoms with Gasteiger partial charge in [-0.25, -0.2) is 0 Å². The van der Waals surface area contributed by atoms with E-state index in [1.54, 1.807) is 7.11 Å². The van der Waals surface area contributed by atoms with E-state index in [0.717, 1.165) is 22.4 Å². The number of methoxy groups -OCH3 is 1. The molecular weight excluding hydrogens is 281 g/mol. The van der Waals surface area contributed by atoms with Crippen LogP contribution in [0, 0.1) is 0 Å². The Morgan fingerprint density at radius 3 is 2.47 bits per heavy atom. The Kier molecular flexibility index (Phi) is 4.70. The van der Waals surface area contributed by atoms with Crippen LogP contribution in [-0.2, 0) is 6.42 Å². The van der Waals surface area contributed by atoms with E-state index in [1.807, 2.05) is 36.4 Å². The van der Waals surface area contributed by atoms with Crippen LogP contribution in [0.25, 0.3) is 11.1 Å². The SMILES string of the molecule is COc1ccccc1-c1ccc(Cl)c(CCN)c1Cl. The highest BCUT2D eigenvalue weighted by molar-refractivity contribution is 6.37. The maximum absolute atomic E-state index is 6.46. The molecule has 0 saturated carbocycles. The fourth-order valence-corrected chi connectivity index (χ4v) is 2.71. The predicted molar refractivity (Wildman–Crippen MR) is 81.2 cm³/mol. The molecule has 0 aliphatic rings. The number of nitrogens with two attached hydrogens (primary N) is 1. The Hall–Kier alpha value is -1.22. The van der Waals surface area contributed by atoms with E-state index in [2.05, 4.69) is 0 Å². The molecule has 0 radical (unpaired) electrons. The van der Waals surface area contributed by atoms with Crippen molar-refractivity contribution >= 4 is 23.2 Å². The smallest absolute Gasteiger partial charge is 0.126 e. The summed E-state index contributed by atoms with van der Waals surface area (Å²) in [4.78, 5) is 0. The molecule has 0 bridgehead atoms. The van der Waals surface area contributed by atoms with Gasteiger partial charge in [-0.15, -0.1) is 0 Å². The number of benzene rings is 2. The molecule has 0 saturated heterocycles. The third-order valence-electron chi connectivity index (χ3n) is 2.98. The molecule has 2 aromatic rings. The first kappa shape index (κ1) is 14.2. The second-order valence-electron chi connectivity index (χ2n) is 4.13. The molecule has 19 heavy (non-hydrogen) atoms. The molecule has 4 heteroatoms. The van der Waals surface area contributed by atoms with Crippen LogP contribution in [0.2, 0.25) is 10.0 Å². The Balaban J connectivity index is 2.60. The number of ether oxygens (including phenoxy) is 1. The van der Waals surface area contributed by atoms with Crippen LogP contribution in [0.5, 0.6) is 5.75 Å². The highest BCUT2D eigenvalue weighted by Gasteiger charge is 2.14. The van der Waals surface area contributed by atoms with Crippen molar-refractivity contribution in [3.05, 3.63) is 52.0 Å². The van der Waals surface area contributed by atoms with Crippen LogP contribution in [-0.4, -0.2) is 13.7 Å². The first-order valence-electron chi connectivity index (χ1n) is 5.99. The van der Waals surface area contributed by atoms with Crippen molar-refractivity contribution in [2.75, 3.05) is 13.7 Å². The topological polar surface area (TPSA) is 35.2 Å². The van der Waals surface area contributed by atoms with Gasteiger partial charge in [0.25, 0.3) is 0 Å². The second kappa shape index (κ2) is 6.29. The van der Waals surface area contributed by atoms with Crippen molar-refractivity contribution in [1.82, 2.24) is 0 Å². The van der Waals surface area contributed by atoms with Crippen LogP contribution in [0.15, 0.2) is 36.4 Å². The molecule has 100 valence electrons. The van der Waals surface area contributed by atoms with Crippen molar-refractivity contribution in [3.8, 4) is 16.9 Å². The third-order valence-corrected chi connectivity index (χ3v) is 3.76. The van der Waals surface area contributed by atoms with E-state index in [1.165, 1.54) is 0 Å². The number of para-hydroxylation sites is 1. The lowest BCUT2D eigenvalue weighted by Gasteiger charge is -2.13. The van der Waals surface area contributed by atoms with E-state index in [4.69, 9.17) is 33.7 Å². The lowest BCUT2D eigenvalue weighted by Crippen LogP contribution is -2.04. The maximum atomic E-state index is 6.46. The van der Waals surface area contributed by atoms with Crippen LogP contribution >= 0.6 is 23.2 Å². The fourth-order valence-electron chi connectivity index (χ4n) is 2.05. The summed E-state index contributed by atoms with van der Waals surface area (Å²) >= 11 is 12.6. The first-order chi connectivity index (χ1) is 9.19. The molecule has 2 aromatic carbocycles. The van der Waals surface area contributed by atoms with Crippen molar-refractivity contribution < 1.29 is 4.74 Å². The van der Waals surface area contributed by atoms with E-state index in [-0.39, 0.29) is 0 Å². The molecule has 0 aliphatic carbocycles. The summed E-state index contributed by atoms with van der Waals surface area (Å²) in [5.41, 5.74) is 8.34. The van der Waals surface area contributed by atoms with Gasteiger partial charge in [0.1, 0.15) is 5.75 Å². The van der Waals surface area contributed by atoms with Gasteiger partial charge in [0.15, 0.2) is 0 Å². The van der Waals surface area contributed by atoms with Gasteiger partial charge in [-0.2, -0.15) is 0 Å². The minimum Gasteiger partial charge on any atom is -0.496 e. The molecular formula is C15H15Cl2NO. The molecule has 0 fully saturated rings. The highest BCUT2D eigenvalue weighted by Crippen LogP contribution is 2.38. The Morgan fingerprint density at radius 1 is 1.05 bits per heavy atom. The normalized spacial score (nSPS) is 10.5. The van der Waals surface area contributed by atoms with Crippen molar-refractivity contribution in [3.63, 3.8) is 0 Å². The van der Waals surface area contributed by atoms with Crippen molar-refractivity contribution in [2.24, 2.45) is 5.73 Å². The Labute approximate surface area is 123 Å². The van der Waals surface area contributed by atoms with E-state index < -0.39 is 0 Å². The molecule has 0 heterocycles. The lowest BCUT2D eigenvalue weighted by molar-refractivity contribution is 0.416. The van der Waals surface area contributed by atoms with Crippen LogP contribution in [0.4, 0.5) is 0 Å². The summed E-state index contributed by atoms with van der Waals surface area (Å²) in [6.07, 6.45) is 0.653. The molecule has 0 aliphatic heterocycles. The fraction of sp³-hybridized carbons (Fsp3) is 0.200. The van der Waals surface area contributed by atoms with Gasteiger partial charge in [-0.05, 0) is 30.7 Å². The monoisotopic (exact) mass is 295 g/mol. The summed E-state index contributed by atoms with van der Waals surface area (Å²) in [7, 11) is 1.64. The van der Waals surface area contributed by atoms with Crippen molar-refractivity contribution in [2.45, 2.75) is 6.42 Å².